The van der Waals surface area contributed by atoms with E-state index in [-0.39, 0.29) is 18.4 Å². The van der Waals surface area contributed by atoms with Crippen LogP contribution in [0.5, 0.6) is 11.5 Å². The summed E-state index contributed by atoms with van der Waals surface area (Å²) in [6.07, 6.45) is 0.840. The van der Waals surface area contributed by atoms with Crippen LogP contribution in [-0.2, 0) is 4.79 Å². The molecule has 0 radical (unpaired) electrons. The predicted octanol–water partition coefficient (Wildman–Crippen LogP) is 2.83. The van der Waals surface area contributed by atoms with Gasteiger partial charge in [-0.25, -0.2) is 0 Å². The van der Waals surface area contributed by atoms with Gasteiger partial charge in [0.2, 0.25) is 0 Å². The number of amides is 1. The van der Waals surface area contributed by atoms with Crippen molar-refractivity contribution in [1.29, 1.82) is 0 Å². The molecule has 1 saturated heterocycles. The number of carbonyl (C=O) groups excluding carboxylic acids is 1. The zero-order valence-electron chi connectivity index (χ0n) is 16.0. The number of methoxy groups -OCH3 is 2. The van der Waals surface area contributed by atoms with Gasteiger partial charge in [0.1, 0.15) is 6.54 Å². The normalized spacial score (nSPS) is 15.9. The zero-order chi connectivity index (χ0) is 20.1. The molecule has 0 saturated carbocycles. The summed E-state index contributed by atoms with van der Waals surface area (Å²) in [6, 6.07) is 12.7. The third-order valence-electron chi connectivity index (χ3n) is 4.90. The molecular weight excluding hydrogens is 360 g/mol. The van der Waals surface area contributed by atoms with Crippen LogP contribution in [0.25, 0.3) is 0 Å². The van der Waals surface area contributed by atoms with Crippen molar-refractivity contribution in [1.82, 2.24) is 4.90 Å². The van der Waals surface area contributed by atoms with Gasteiger partial charge in [-0.05, 0) is 30.7 Å². The van der Waals surface area contributed by atoms with Crippen molar-refractivity contribution in [2.75, 3.05) is 39.2 Å². The van der Waals surface area contributed by atoms with Crippen molar-refractivity contribution in [3.05, 3.63) is 53.6 Å². The fourth-order valence-electron chi connectivity index (χ4n) is 3.55. The van der Waals surface area contributed by atoms with E-state index in [0.29, 0.717) is 35.8 Å². The Morgan fingerprint density at radius 1 is 1.18 bits per heavy atom. The lowest BCUT2D eigenvalue weighted by atomic mass is 9.97. The molecule has 7 nitrogen and oxygen atoms in total. The van der Waals surface area contributed by atoms with E-state index in [1.807, 2.05) is 23.1 Å². The molecule has 2 aromatic rings. The smallest absolute Gasteiger partial charge is 0.322 e. The van der Waals surface area contributed by atoms with E-state index < -0.39 is 5.97 Å². The predicted molar refractivity (Wildman–Crippen MR) is 105 cm³/mol. The molecule has 0 aromatic heterocycles. The maximum absolute atomic E-state index is 12.9. The highest BCUT2D eigenvalue weighted by molar-refractivity contribution is 5.95. The molecule has 2 aromatic carbocycles. The lowest BCUT2D eigenvalue weighted by Gasteiger charge is -2.19. The molecule has 1 aliphatic rings. The highest BCUT2D eigenvalue weighted by Crippen LogP contribution is 2.39. The third-order valence-corrected chi connectivity index (χ3v) is 4.90. The average Bonchev–Trinajstić information content (AvgIpc) is 3.21. The molecule has 0 bridgehead atoms. The summed E-state index contributed by atoms with van der Waals surface area (Å²) in [5, 5.41) is 11.6. The number of aliphatic carboxylic acids is 1. The van der Waals surface area contributed by atoms with Gasteiger partial charge in [-0.3, -0.25) is 9.59 Å². The molecular formula is C21H24N2O5. The highest BCUT2D eigenvalue weighted by atomic mass is 16.5. The standard InChI is InChI=1S/C21H24N2O5/c1-27-18-8-4-7-17(20(18)28-2)15-9-10-23(13-15)21(26)14-5-3-6-16(11-14)22-12-19(24)25/h3-8,11,15,22H,9-10,12-13H2,1-2H3,(H,24,25)/t15-/m0/s1. The van der Waals surface area contributed by atoms with Crippen molar-refractivity contribution in [2.45, 2.75) is 12.3 Å². The minimum atomic E-state index is -0.952. The third kappa shape index (κ3) is 4.19. The molecule has 1 fully saturated rings. The highest BCUT2D eigenvalue weighted by Gasteiger charge is 2.30. The van der Waals surface area contributed by atoms with Crippen LogP contribution in [0.2, 0.25) is 0 Å². The van der Waals surface area contributed by atoms with Gasteiger partial charge in [0.15, 0.2) is 11.5 Å². The summed E-state index contributed by atoms with van der Waals surface area (Å²) in [5.41, 5.74) is 2.18. The van der Waals surface area contributed by atoms with Crippen LogP contribution in [-0.4, -0.2) is 55.7 Å². The van der Waals surface area contributed by atoms with Gasteiger partial charge < -0.3 is 24.8 Å². The van der Waals surface area contributed by atoms with Crippen molar-refractivity contribution in [3.8, 4) is 11.5 Å². The van der Waals surface area contributed by atoms with Crippen LogP contribution in [0, 0.1) is 0 Å². The summed E-state index contributed by atoms with van der Waals surface area (Å²) in [7, 11) is 3.23. The Bertz CT molecular complexity index is 868. The maximum atomic E-state index is 12.9. The van der Waals surface area contributed by atoms with Crippen LogP contribution in [0.15, 0.2) is 42.5 Å². The van der Waals surface area contributed by atoms with Crippen molar-refractivity contribution in [3.63, 3.8) is 0 Å². The second-order valence-corrected chi connectivity index (χ2v) is 6.65. The SMILES string of the molecule is COc1cccc([C@H]2CCN(C(=O)c3cccc(NCC(=O)O)c3)C2)c1OC. The van der Waals surface area contributed by atoms with Gasteiger partial charge in [0, 0.05) is 35.8 Å². The molecule has 1 atom stereocenters. The number of nitrogens with one attached hydrogen (secondary N) is 1. The van der Waals surface area contributed by atoms with E-state index in [1.54, 1.807) is 38.5 Å². The summed E-state index contributed by atoms with van der Waals surface area (Å²) in [4.78, 5) is 25.4. The van der Waals surface area contributed by atoms with Crippen LogP contribution >= 0.6 is 0 Å². The van der Waals surface area contributed by atoms with Crippen LogP contribution in [0.3, 0.4) is 0 Å². The van der Waals surface area contributed by atoms with Gasteiger partial charge >= 0.3 is 5.97 Å². The molecule has 1 amide bonds. The number of nitrogens with zero attached hydrogens (tertiary/aromatic N) is 1. The number of para-hydroxylation sites is 1. The first-order valence-corrected chi connectivity index (χ1v) is 9.09. The Hall–Kier alpha value is -3.22. The molecule has 1 aliphatic heterocycles. The van der Waals surface area contributed by atoms with E-state index in [4.69, 9.17) is 14.6 Å². The number of hydrogen-bond donors (Lipinski definition) is 2. The summed E-state index contributed by atoms with van der Waals surface area (Å²) < 4.78 is 10.9. The van der Waals surface area contributed by atoms with Crippen molar-refractivity contribution in [2.24, 2.45) is 0 Å². The Kier molecular flexibility index (Phi) is 6.03. The Morgan fingerprint density at radius 2 is 1.96 bits per heavy atom. The van der Waals surface area contributed by atoms with Crippen molar-refractivity contribution < 1.29 is 24.2 Å². The minimum Gasteiger partial charge on any atom is -0.493 e. The Morgan fingerprint density at radius 3 is 2.68 bits per heavy atom. The second-order valence-electron chi connectivity index (χ2n) is 6.65. The molecule has 148 valence electrons. The number of carbonyl (C=O) groups is 2. The summed E-state index contributed by atoms with van der Waals surface area (Å²) in [6.45, 7) is 1.05. The first kappa shape index (κ1) is 19.5. The molecule has 7 heteroatoms. The van der Waals surface area contributed by atoms with Crippen LogP contribution < -0.4 is 14.8 Å². The number of hydrogen-bond acceptors (Lipinski definition) is 5. The van der Waals surface area contributed by atoms with Crippen LogP contribution in [0.4, 0.5) is 5.69 Å². The number of benzene rings is 2. The topological polar surface area (TPSA) is 88.1 Å². The molecule has 1 heterocycles. The number of carboxylic acid groups (broad SMARTS) is 1. The number of likely N-dealkylation sites (tertiary alicyclic amines) is 1. The van der Waals surface area contributed by atoms with Gasteiger partial charge in [-0.1, -0.05) is 18.2 Å². The monoisotopic (exact) mass is 384 g/mol. The van der Waals surface area contributed by atoms with E-state index in [1.165, 1.54) is 0 Å². The van der Waals surface area contributed by atoms with Crippen molar-refractivity contribution >= 4 is 17.6 Å². The maximum Gasteiger partial charge on any atom is 0.322 e. The number of rotatable bonds is 7. The molecule has 3 rings (SSSR count). The zero-order valence-corrected chi connectivity index (χ0v) is 16.0. The molecule has 0 unspecified atom stereocenters. The van der Waals surface area contributed by atoms with Gasteiger partial charge in [0.05, 0.1) is 14.2 Å². The van der Waals surface area contributed by atoms with Gasteiger partial charge in [-0.2, -0.15) is 0 Å². The fourth-order valence-corrected chi connectivity index (χ4v) is 3.55. The average molecular weight is 384 g/mol. The molecule has 0 spiro atoms. The van der Waals surface area contributed by atoms with E-state index in [9.17, 15) is 9.59 Å². The van der Waals surface area contributed by atoms with E-state index in [0.717, 1.165) is 12.0 Å². The number of carboxylic acids is 1. The van der Waals surface area contributed by atoms with Gasteiger partial charge in [0.25, 0.3) is 5.91 Å². The quantitative estimate of drug-likeness (QED) is 0.763. The van der Waals surface area contributed by atoms with Gasteiger partial charge in [-0.15, -0.1) is 0 Å². The molecule has 28 heavy (non-hydrogen) atoms. The second kappa shape index (κ2) is 8.65. The summed E-state index contributed by atoms with van der Waals surface area (Å²) >= 11 is 0. The first-order valence-electron chi connectivity index (χ1n) is 9.09. The Balaban J connectivity index is 1.73. The Labute approximate surface area is 163 Å². The van der Waals surface area contributed by atoms with E-state index in [2.05, 4.69) is 5.32 Å². The van der Waals surface area contributed by atoms with E-state index >= 15 is 0 Å². The lowest BCUT2D eigenvalue weighted by molar-refractivity contribution is -0.134. The first-order chi connectivity index (χ1) is 13.5. The number of ether oxygens (including phenoxy) is 2. The molecule has 2 N–H and O–H groups in total. The minimum absolute atomic E-state index is 0.0664. The fraction of sp³-hybridized carbons (Fsp3) is 0.333. The number of anilines is 1. The lowest BCUT2D eigenvalue weighted by Crippen LogP contribution is -2.28. The summed E-state index contributed by atoms with van der Waals surface area (Å²) in [5.74, 6) is 0.545. The molecule has 0 aliphatic carbocycles. The van der Waals surface area contributed by atoms with Crippen LogP contribution in [0.1, 0.15) is 28.3 Å². The largest absolute Gasteiger partial charge is 0.493 e.